The van der Waals surface area contributed by atoms with Gasteiger partial charge in [-0.2, -0.15) is 5.21 Å². The molecule has 0 saturated carbocycles. The van der Waals surface area contributed by atoms with Crippen LogP contribution < -0.4 is 10.1 Å². The van der Waals surface area contributed by atoms with E-state index >= 15 is 0 Å². The summed E-state index contributed by atoms with van der Waals surface area (Å²) in [6.45, 7) is 1.71. The Balaban J connectivity index is 1.27. The van der Waals surface area contributed by atoms with Crippen LogP contribution in [-0.4, -0.2) is 60.6 Å². The second-order valence-electron chi connectivity index (χ2n) is 6.41. The molecule has 4 rings (SSSR count). The number of pyridine rings is 2. The average Bonchev–Trinajstić information content (AvgIpc) is 3.27. The first-order valence-electron chi connectivity index (χ1n) is 9.06. The van der Waals surface area contributed by atoms with Crippen LogP contribution in [0.2, 0.25) is 0 Å². The highest BCUT2D eigenvalue weighted by Crippen LogP contribution is 2.19. The van der Waals surface area contributed by atoms with Crippen molar-refractivity contribution in [2.75, 3.05) is 18.4 Å². The summed E-state index contributed by atoms with van der Waals surface area (Å²) in [7, 11) is 0. The van der Waals surface area contributed by atoms with Gasteiger partial charge < -0.3 is 15.0 Å². The highest BCUT2D eigenvalue weighted by molar-refractivity contribution is 5.94. The third kappa shape index (κ3) is 4.40. The van der Waals surface area contributed by atoms with Crippen molar-refractivity contribution >= 4 is 11.7 Å². The average molecular weight is 380 g/mol. The Bertz CT molecular complexity index is 878. The number of nitrogens with zero attached hydrogens (tertiary/aromatic N) is 6. The smallest absolute Gasteiger partial charge is 0.255 e. The van der Waals surface area contributed by atoms with Gasteiger partial charge >= 0.3 is 0 Å². The van der Waals surface area contributed by atoms with E-state index in [0.717, 1.165) is 18.6 Å². The fourth-order valence-electron chi connectivity index (χ4n) is 3.02. The van der Waals surface area contributed by atoms with E-state index in [1.54, 1.807) is 30.7 Å². The van der Waals surface area contributed by atoms with Gasteiger partial charge in [-0.3, -0.25) is 9.78 Å². The minimum Gasteiger partial charge on any atom is -0.489 e. The molecule has 10 heteroatoms. The number of H-pyrrole nitrogens is 1. The zero-order valence-electron chi connectivity index (χ0n) is 15.2. The summed E-state index contributed by atoms with van der Waals surface area (Å²) in [5.41, 5.74) is 0.566. The van der Waals surface area contributed by atoms with Gasteiger partial charge in [-0.05, 0) is 24.3 Å². The van der Waals surface area contributed by atoms with Crippen LogP contribution in [0.15, 0.2) is 42.9 Å². The molecule has 3 aromatic rings. The standard InChI is InChI=1S/C18H20N8O2/c27-18(13-3-4-16(20-10-13)21-12-17-22-24-25-23-17)26-8-5-14(6-9-26)28-15-2-1-7-19-11-15/h1-4,7,10-11,14H,5-6,8-9,12H2,(H,20,21)(H,22,23,24,25). The van der Waals surface area contributed by atoms with Crippen molar-refractivity contribution in [3.05, 3.63) is 54.2 Å². The molecule has 144 valence electrons. The Hall–Kier alpha value is -3.56. The third-order valence-corrected chi connectivity index (χ3v) is 4.49. The zero-order valence-corrected chi connectivity index (χ0v) is 15.2. The molecule has 0 aliphatic carbocycles. The van der Waals surface area contributed by atoms with Crippen LogP contribution in [0.3, 0.4) is 0 Å². The molecule has 0 aromatic carbocycles. The number of piperidine rings is 1. The predicted molar refractivity (Wildman–Crippen MR) is 99.5 cm³/mol. The van der Waals surface area contributed by atoms with Crippen LogP contribution in [-0.2, 0) is 6.54 Å². The van der Waals surface area contributed by atoms with Gasteiger partial charge in [-0.25, -0.2) is 4.98 Å². The van der Waals surface area contributed by atoms with Gasteiger partial charge in [0.25, 0.3) is 5.91 Å². The summed E-state index contributed by atoms with van der Waals surface area (Å²) in [5, 5.41) is 16.7. The number of hydrogen-bond acceptors (Lipinski definition) is 8. The van der Waals surface area contributed by atoms with Crippen molar-refractivity contribution in [3.63, 3.8) is 0 Å². The minimum absolute atomic E-state index is 0.0166. The summed E-state index contributed by atoms with van der Waals surface area (Å²) in [6.07, 6.45) is 6.69. The van der Waals surface area contributed by atoms with Crippen molar-refractivity contribution in [2.45, 2.75) is 25.5 Å². The number of rotatable bonds is 6. The third-order valence-electron chi connectivity index (χ3n) is 4.49. The Morgan fingerprint density at radius 1 is 1.25 bits per heavy atom. The number of carbonyl (C=O) groups is 1. The van der Waals surface area contributed by atoms with Gasteiger partial charge in [0.2, 0.25) is 0 Å². The van der Waals surface area contributed by atoms with Crippen LogP contribution in [0, 0.1) is 0 Å². The Labute approximate surface area is 161 Å². The maximum atomic E-state index is 12.7. The van der Waals surface area contributed by atoms with E-state index in [-0.39, 0.29) is 12.0 Å². The molecule has 4 heterocycles. The normalized spacial score (nSPS) is 14.6. The SMILES string of the molecule is O=C(c1ccc(NCc2nn[nH]n2)nc1)N1CCC(Oc2cccnc2)CC1. The molecule has 28 heavy (non-hydrogen) atoms. The van der Waals surface area contributed by atoms with Crippen LogP contribution in [0.1, 0.15) is 29.0 Å². The molecule has 1 aliphatic rings. The van der Waals surface area contributed by atoms with Crippen molar-refractivity contribution < 1.29 is 9.53 Å². The summed E-state index contributed by atoms with van der Waals surface area (Å²) in [5.74, 6) is 1.93. The van der Waals surface area contributed by atoms with E-state index in [9.17, 15) is 4.79 Å². The summed E-state index contributed by atoms with van der Waals surface area (Å²) in [6, 6.07) is 7.28. The van der Waals surface area contributed by atoms with Gasteiger partial charge in [0.05, 0.1) is 18.3 Å². The van der Waals surface area contributed by atoms with E-state index in [0.29, 0.717) is 36.8 Å². The van der Waals surface area contributed by atoms with Gasteiger partial charge in [0, 0.05) is 38.3 Å². The van der Waals surface area contributed by atoms with Crippen LogP contribution in [0.5, 0.6) is 5.75 Å². The quantitative estimate of drug-likeness (QED) is 0.656. The Kier molecular flexibility index (Phi) is 5.36. The lowest BCUT2D eigenvalue weighted by molar-refractivity contribution is 0.0594. The number of likely N-dealkylation sites (tertiary alicyclic amines) is 1. The second kappa shape index (κ2) is 8.42. The van der Waals surface area contributed by atoms with E-state index in [1.165, 1.54) is 0 Å². The molecule has 1 amide bonds. The number of amides is 1. The van der Waals surface area contributed by atoms with E-state index in [4.69, 9.17) is 4.74 Å². The number of carbonyl (C=O) groups excluding carboxylic acids is 1. The number of aromatic amines is 1. The number of ether oxygens (including phenoxy) is 1. The maximum absolute atomic E-state index is 12.7. The first-order valence-corrected chi connectivity index (χ1v) is 9.06. The predicted octanol–water partition coefficient (Wildman–Crippen LogP) is 1.29. The van der Waals surface area contributed by atoms with Crippen LogP contribution >= 0.6 is 0 Å². The molecule has 1 saturated heterocycles. The molecule has 1 fully saturated rings. The van der Waals surface area contributed by atoms with Crippen molar-refractivity contribution in [1.29, 1.82) is 0 Å². The lowest BCUT2D eigenvalue weighted by Crippen LogP contribution is -2.41. The van der Waals surface area contributed by atoms with Crippen molar-refractivity contribution in [2.24, 2.45) is 0 Å². The summed E-state index contributed by atoms with van der Waals surface area (Å²) in [4.78, 5) is 22.9. The molecular formula is C18H20N8O2. The number of nitrogens with one attached hydrogen (secondary N) is 2. The van der Waals surface area contributed by atoms with Crippen LogP contribution in [0.25, 0.3) is 0 Å². The Morgan fingerprint density at radius 2 is 2.14 bits per heavy atom. The van der Waals surface area contributed by atoms with Gasteiger partial charge in [-0.1, -0.05) is 5.21 Å². The van der Waals surface area contributed by atoms with Gasteiger partial charge in [0.15, 0.2) is 5.82 Å². The molecule has 1 aliphatic heterocycles. The lowest BCUT2D eigenvalue weighted by Gasteiger charge is -2.32. The fourth-order valence-corrected chi connectivity index (χ4v) is 3.02. The van der Waals surface area contributed by atoms with E-state index in [1.807, 2.05) is 17.0 Å². The van der Waals surface area contributed by atoms with Crippen LogP contribution in [0.4, 0.5) is 5.82 Å². The monoisotopic (exact) mass is 380 g/mol. The number of tetrazole rings is 1. The first-order chi connectivity index (χ1) is 13.8. The number of hydrogen-bond donors (Lipinski definition) is 2. The molecule has 0 radical (unpaired) electrons. The molecule has 0 unspecified atom stereocenters. The largest absolute Gasteiger partial charge is 0.489 e. The highest BCUT2D eigenvalue weighted by atomic mass is 16.5. The van der Waals surface area contributed by atoms with Gasteiger partial charge in [0.1, 0.15) is 17.7 Å². The molecule has 0 atom stereocenters. The molecule has 3 aromatic heterocycles. The van der Waals surface area contributed by atoms with Crippen molar-refractivity contribution in [1.82, 2.24) is 35.5 Å². The summed E-state index contributed by atoms with van der Waals surface area (Å²) < 4.78 is 5.92. The topological polar surface area (TPSA) is 122 Å². The van der Waals surface area contributed by atoms with Gasteiger partial charge in [-0.15, -0.1) is 10.2 Å². The molecular weight excluding hydrogens is 360 g/mol. The van der Waals surface area contributed by atoms with E-state index in [2.05, 4.69) is 35.9 Å². The fraction of sp³-hybridized carbons (Fsp3) is 0.333. The van der Waals surface area contributed by atoms with E-state index < -0.39 is 0 Å². The first kappa shape index (κ1) is 17.8. The molecule has 10 nitrogen and oxygen atoms in total. The maximum Gasteiger partial charge on any atom is 0.255 e. The molecule has 0 bridgehead atoms. The summed E-state index contributed by atoms with van der Waals surface area (Å²) >= 11 is 0. The zero-order chi connectivity index (χ0) is 19.2. The highest BCUT2D eigenvalue weighted by Gasteiger charge is 2.25. The Morgan fingerprint density at radius 3 is 2.82 bits per heavy atom. The molecule has 0 spiro atoms. The lowest BCUT2D eigenvalue weighted by atomic mass is 10.1. The second-order valence-corrected chi connectivity index (χ2v) is 6.41. The minimum atomic E-state index is -0.0166. The molecule has 2 N–H and O–H groups in total. The number of aromatic nitrogens is 6. The van der Waals surface area contributed by atoms with Crippen molar-refractivity contribution in [3.8, 4) is 5.75 Å². The number of anilines is 1.